The van der Waals surface area contributed by atoms with Crippen molar-refractivity contribution in [3.8, 4) is 17.2 Å². The molecule has 10 nitrogen and oxygen atoms in total. The Hall–Kier alpha value is -4.94. The number of carbonyl (C=O) groups excluding carboxylic acids is 2. The molecule has 0 saturated carbocycles. The lowest BCUT2D eigenvalue weighted by molar-refractivity contribution is -0.189. The Bertz CT molecular complexity index is 1520. The smallest absolute Gasteiger partial charge is 0.490 e. The van der Waals surface area contributed by atoms with Crippen molar-refractivity contribution in [2.24, 2.45) is 5.73 Å². The summed E-state index contributed by atoms with van der Waals surface area (Å²) in [5.41, 5.74) is 15.0. The fourth-order valence-corrected chi connectivity index (χ4v) is 4.44. The number of carbonyl (C=O) groups is 2. The third-order valence-corrected chi connectivity index (χ3v) is 6.23. The number of halogens is 3. The number of ether oxygens (including phenoxy) is 3. The van der Waals surface area contributed by atoms with Crippen LogP contribution in [0.4, 0.5) is 24.5 Å². The largest absolute Gasteiger partial charge is 0.491 e. The van der Waals surface area contributed by atoms with Gasteiger partial charge in [-0.05, 0) is 82.5 Å². The Kier molecular flexibility index (Phi) is 10.7. The first kappa shape index (κ1) is 33.6. The van der Waals surface area contributed by atoms with Gasteiger partial charge in [-0.15, -0.1) is 0 Å². The van der Waals surface area contributed by atoms with Gasteiger partial charge in [0.1, 0.15) is 17.6 Å². The highest BCUT2D eigenvalue weighted by atomic mass is 19.4. The molecule has 236 valence electrons. The molecule has 0 aliphatic rings. The molecule has 0 aliphatic heterocycles. The lowest BCUT2D eigenvalue weighted by atomic mass is 10.0. The number of amides is 1. The van der Waals surface area contributed by atoms with E-state index in [2.05, 4.69) is 20.9 Å². The third kappa shape index (κ3) is 8.55. The van der Waals surface area contributed by atoms with Gasteiger partial charge in [0, 0.05) is 11.8 Å². The van der Waals surface area contributed by atoms with Crippen LogP contribution in [-0.4, -0.2) is 36.6 Å². The van der Waals surface area contributed by atoms with Crippen LogP contribution in [0, 0.1) is 26.2 Å². The van der Waals surface area contributed by atoms with Crippen LogP contribution in [0.5, 0.6) is 17.2 Å². The molecule has 0 saturated heterocycles. The van der Waals surface area contributed by atoms with Gasteiger partial charge < -0.3 is 25.3 Å². The summed E-state index contributed by atoms with van der Waals surface area (Å²) in [5, 5.41) is 10.7. The monoisotopic (exact) mass is 615 g/mol. The van der Waals surface area contributed by atoms with Crippen molar-refractivity contribution in [3.05, 3.63) is 76.3 Å². The second-order valence-electron chi connectivity index (χ2n) is 10.3. The van der Waals surface area contributed by atoms with E-state index >= 15 is 0 Å². The Morgan fingerprint density at radius 2 is 1.61 bits per heavy atom. The summed E-state index contributed by atoms with van der Waals surface area (Å²) in [6.07, 6.45) is -5.44. The first-order chi connectivity index (χ1) is 20.6. The molecule has 0 spiro atoms. The van der Waals surface area contributed by atoms with Gasteiger partial charge in [0.15, 0.2) is 11.5 Å². The summed E-state index contributed by atoms with van der Waals surface area (Å²) in [7, 11) is 0. The molecule has 3 aromatic carbocycles. The van der Waals surface area contributed by atoms with E-state index in [1.807, 2.05) is 46.8 Å². The highest BCUT2D eigenvalue weighted by molar-refractivity contribution is 5.99. The molecule has 0 aliphatic carbocycles. The van der Waals surface area contributed by atoms with Crippen LogP contribution in [0.2, 0.25) is 0 Å². The number of hydrogen-bond donors (Lipinski definition) is 5. The highest BCUT2D eigenvalue weighted by Gasteiger charge is 2.42. The Labute approximate surface area is 253 Å². The van der Waals surface area contributed by atoms with Crippen LogP contribution in [-0.2, 0) is 9.59 Å². The van der Waals surface area contributed by atoms with E-state index in [9.17, 15) is 22.8 Å². The molecule has 1 atom stereocenters. The van der Waals surface area contributed by atoms with E-state index < -0.39 is 35.7 Å². The number of hydrogen-bond acceptors (Lipinski definition) is 8. The maximum absolute atomic E-state index is 13.7. The van der Waals surface area contributed by atoms with E-state index in [1.165, 1.54) is 12.1 Å². The van der Waals surface area contributed by atoms with Gasteiger partial charge in [0.05, 0.1) is 24.0 Å². The summed E-state index contributed by atoms with van der Waals surface area (Å²) in [6.45, 7) is 11.6. The maximum Gasteiger partial charge on any atom is 0.491 e. The van der Waals surface area contributed by atoms with Crippen LogP contribution < -0.4 is 36.1 Å². The molecular formula is C31H36F3N5O5. The number of benzene rings is 3. The molecule has 0 aromatic heterocycles. The van der Waals surface area contributed by atoms with Crippen molar-refractivity contribution in [1.82, 2.24) is 5.43 Å². The van der Waals surface area contributed by atoms with Crippen molar-refractivity contribution in [2.75, 3.05) is 17.3 Å². The van der Waals surface area contributed by atoms with Gasteiger partial charge in [-0.3, -0.25) is 21.1 Å². The molecule has 3 rings (SSSR count). The summed E-state index contributed by atoms with van der Waals surface area (Å²) in [5.74, 6) is -3.44. The second-order valence-corrected chi connectivity index (χ2v) is 10.3. The molecule has 1 unspecified atom stereocenters. The maximum atomic E-state index is 13.7. The number of esters is 1. The van der Waals surface area contributed by atoms with Crippen molar-refractivity contribution in [3.63, 3.8) is 0 Å². The van der Waals surface area contributed by atoms with Gasteiger partial charge >= 0.3 is 12.1 Å². The van der Waals surface area contributed by atoms with E-state index in [0.717, 1.165) is 22.8 Å². The minimum Gasteiger partial charge on any atom is -0.490 e. The molecule has 6 N–H and O–H groups in total. The highest BCUT2D eigenvalue weighted by Crippen LogP contribution is 2.34. The molecule has 0 bridgehead atoms. The predicted molar refractivity (Wildman–Crippen MR) is 161 cm³/mol. The first-order valence-corrected chi connectivity index (χ1v) is 13.7. The summed E-state index contributed by atoms with van der Waals surface area (Å²) in [4.78, 5) is 25.3. The summed E-state index contributed by atoms with van der Waals surface area (Å²) in [6, 6.07) is 11.4. The van der Waals surface area contributed by atoms with Crippen LogP contribution in [0.25, 0.3) is 0 Å². The molecule has 1 amide bonds. The number of nitrogen functional groups attached to an aromatic ring is 1. The van der Waals surface area contributed by atoms with Crippen molar-refractivity contribution >= 4 is 29.1 Å². The number of rotatable bonds is 12. The molecule has 3 aromatic rings. The van der Waals surface area contributed by atoms with Crippen LogP contribution in [0.1, 0.15) is 54.6 Å². The van der Waals surface area contributed by atoms with Gasteiger partial charge in [-0.25, -0.2) is 4.79 Å². The standard InChI is InChI=1S/C31H36F3N5O5/c1-7-42-25-14-20(8-11-23(25)43-16(2)3)27(29(40)39-38-26-18(5)12-17(4)13-19(26)6)37-21-9-10-22(28(35)36)24(15-21)44-30(41)31(32,33)34/h8-16,27,37-38H,7H2,1-6H3,(H3,35,36)(H,39,40). The number of hydrazine groups is 1. The molecule has 44 heavy (non-hydrogen) atoms. The lowest BCUT2D eigenvalue weighted by Gasteiger charge is -2.24. The molecule has 0 radical (unpaired) electrons. The van der Waals surface area contributed by atoms with E-state index in [1.54, 1.807) is 25.1 Å². The zero-order valence-corrected chi connectivity index (χ0v) is 25.2. The van der Waals surface area contributed by atoms with Crippen molar-refractivity contribution < 1.29 is 37.0 Å². The SMILES string of the molecule is CCOc1cc(C(Nc2ccc(C(=N)N)c(OC(=O)C(F)(F)F)c2)C(=O)NNc2c(C)cc(C)cc2C)ccc1OC(C)C. The van der Waals surface area contributed by atoms with E-state index in [0.29, 0.717) is 29.4 Å². The average Bonchev–Trinajstić information content (AvgIpc) is 2.91. The number of nitrogens with one attached hydrogen (secondary N) is 4. The Balaban J connectivity index is 2.04. The Morgan fingerprint density at radius 3 is 2.18 bits per heavy atom. The molecular weight excluding hydrogens is 579 g/mol. The topological polar surface area (TPSA) is 148 Å². The Morgan fingerprint density at radius 1 is 0.955 bits per heavy atom. The third-order valence-electron chi connectivity index (χ3n) is 6.23. The average molecular weight is 616 g/mol. The molecule has 0 fully saturated rings. The minimum absolute atomic E-state index is 0.100. The minimum atomic E-state index is -5.28. The van der Waals surface area contributed by atoms with Crippen molar-refractivity contribution in [2.45, 2.75) is 59.9 Å². The summed E-state index contributed by atoms with van der Waals surface area (Å²) >= 11 is 0. The zero-order valence-electron chi connectivity index (χ0n) is 25.2. The van der Waals surface area contributed by atoms with Crippen LogP contribution in [0.15, 0.2) is 48.5 Å². The van der Waals surface area contributed by atoms with E-state index in [4.69, 9.17) is 20.6 Å². The fourth-order valence-electron chi connectivity index (χ4n) is 4.44. The van der Waals surface area contributed by atoms with Crippen LogP contribution in [0.3, 0.4) is 0 Å². The van der Waals surface area contributed by atoms with Crippen molar-refractivity contribution in [1.29, 1.82) is 5.41 Å². The number of nitrogens with two attached hydrogens (primary N) is 1. The fraction of sp³-hybridized carbons (Fsp3) is 0.323. The van der Waals surface area contributed by atoms with E-state index in [-0.39, 0.29) is 17.4 Å². The quantitative estimate of drug-likeness (QED) is 0.0561. The number of anilines is 2. The van der Waals surface area contributed by atoms with Gasteiger partial charge in [-0.2, -0.15) is 13.2 Å². The first-order valence-electron chi connectivity index (χ1n) is 13.7. The number of aryl methyl sites for hydroxylation is 3. The molecule has 0 heterocycles. The van der Waals surface area contributed by atoms with Gasteiger partial charge in [-0.1, -0.05) is 23.8 Å². The predicted octanol–water partition coefficient (Wildman–Crippen LogP) is 5.85. The second kappa shape index (κ2) is 14.0. The molecule has 13 heteroatoms. The zero-order chi connectivity index (χ0) is 32.8. The summed E-state index contributed by atoms with van der Waals surface area (Å²) < 4.78 is 55.0. The van der Waals surface area contributed by atoms with Gasteiger partial charge in [0.25, 0.3) is 5.91 Å². The lowest BCUT2D eigenvalue weighted by Crippen LogP contribution is -2.37. The number of amidine groups is 1. The normalized spacial score (nSPS) is 11.9. The number of alkyl halides is 3. The van der Waals surface area contributed by atoms with Crippen LogP contribution >= 0.6 is 0 Å². The van der Waals surface area contributed by atoms with Gasteiger partial charge in [0.2, 0.25) is 0 Å².